The highest BCUT2D eigenvalue weighted by Gasteiger charge is 2.16. The van der Waals surface area contributed by atoms with Gasteiger partial charge in [-0.1, -0.05) is 13.8 Å². The number of amides is 1. The largest absolute Gasteiger partial charge is 0.286 e. The lowest BCUT2D eigenvalue weighted by molar-refractivity contribution is -0.176. The van der Waals surface area contributed by atoms with E-state index < -0.39 is 0 Å². The van der Waals surface area contributed by atoms with Gasteiger partial charge in [-0.3, -0.25) is 10.0 Å². The molecule has 0 aromatic heterocycles. The minimum atomic E-state index is -0.227. The van der Waals surface area contributed by atoms with Crippen LogP contribution in [0.3, 0.4) is 0 Å². The molecule has 0 radical (unpaired) electrons. The van der Waals surface area contributed by atoms with Crippen LogP contribution >= 0.6 is 0 Å². The molecule has 0 rings (SSSR count). The average molecular weight is 147 g/mol. The minimum absolute atomic E-state index is 0. The van der Waals surface area contributed by atoms with Crippen molar-refractivity contribution < 1.29 is 11.4 Å². The lowest BCUT2D eigenvalue weighted by atomic mass is 10.2. The van der Waals surface area contributed by atoms with E-state index in [9.17, 15) is 4.79 Å². The molecule has 3 nitrogen and oxygen atoms in total. The third kappa shape index (κ3) is 2.35. The summed E-state index contributed by atoms with van der Waals surface area (Å²) in [6.45, 7) is 7.04. The normalized spacial score (nSPS) is 10.7. The van der Waals surface area contributed by atoms with E-state index in [4.69, 9.17) is 5.21 Å². The van der Waals surface area contributed by atoms with Gasteiger partial charge in [-0.15, -0.1) is 0 Å². The molecule has 0 aromatic rings. The summed E-state index contributed by atoms with van der Waals surface area (Å²) >= 11 is 0. The highest BCUT2D eigenvalue weighted by molar-refractivity contribution is 5.77. The van der Waals surface area contributed by atoms with Gasteiger partial charge in [-0.05, 0) is 13.8 Å². The first-order valence-electron chi connectivity index (χ1n) is 3.48. The molecule has 1 N–H and O–H groups in total. The lowest BCUT2D eigenvalue weighted by Gasteiger charge is -2.20. The van der Waals surface area contributed by atoms with Crippen molar-refractivity contribution in [2.75, 3.05) is 0 Å². The third-order valence-electron chi connectivity index (χ3n) is 1.21. The Bertz CT molecular complexity index is 126. The maximum absolute atomic E-state index is 11.0. The second-order valence-corrected chi connectivity index (χ2v) is 2.93. The highest BCUT2D eigenvalue weighted by Crippen LogP contribution is 2.01. The van der Waals surface area contributed by atoms with Crippen molar-refractivity contribution in [1.29, 1.82) is 0 Å². The van der Waals surface area contributed by atoms with Crippen LogP contribution in [-0.4, -0.2) is 22.2 Å². The van der Waals surface area contributed by atoms with Gasteiger partial charge in [0.05, 0.1) is 6.04 Å². The predicted octanol–water partition coefficient (Wildman–Crippen LogP) is 1.51. The first-order chi connectivity index (χ1) is 4.46. The van der Waals surface area contributed by atoms with E-state index >= 15 is 0 Å². The Hall–Kier alpha value is -0.570. The molecule has 3 heteroatoms. The Kier molecular flexibility index (Phi) is 3.36. The van der Waals surface area contributed by atoms with Crippen molar-refractivity contribution >= 4 is 5.91 Å². The quantitative estimate of drug-likeness (QED) is 0.475. The molecule has 0 spiro atoms. The molecule has 62 valence electrons. The Morgan fingerprint density at radius 3 is 1.90 bits per heavy atom. The first-order valence-corrected chi connectivity index (χ1v) is 3.48. The molecule has 10 heavy (non-hydrogen) atoms. The molecule has 1 amide bonds. The van der Waals surface area contributed by atoms with Crippen LogP contribution < -0.4 is 0 Å². The number of hydrogen-bond donors (Lipinski definition) is 1. The zero-order valence-electron chi connectivity index (χ0n) is 6.96. The topological polar surface area (TPSA) is 40.5 Å². The van der Waals surface area contributed by atoms with Gasteiger partial charge in [-0.2, -0.15) is 0 Å². The van der Waals surface area contributed by atoms with Crippen molar-refractivity contribution in [1.82, 2.24) is 5.06 Å². The van der Waals surface area contributed by atoms with Crippen molar-refractivity contribution in [2.45, 2.75) is 33.7 Å². The summed E-state index contributed by atoms with van der Waals surface area (Å²) < 4.78 is 0. The lowest BCUT2D eigenvalue weighted by Crippen LogP contribution is -2.36. The minimum Gasteiger partial charge on any atom is -0.286 e. The molecule has 0 fully saturated rings. The summed E-state index contributed by atoms with van der Waals surface area (Å²) in [7, 11) is 0. The van der Waals surface area contributed by atoms with Gasteiger partial charge in [0.15, 0.2) is 0 Å². The number of hydrogen-bond acceptors (Lipinski definition) is 2. The first kappa shape index (κ1) is 9.43. The summed E-state index contributed by atoms with van der Waals surface area (Å²) in [6, 6.07) is -0.130. The van der Waals surface area contributed by atoms with E-state index in [1.54, 1.807) is 27.7 Å². The SMILES string of the molecule is CC(C)C(=O)N(O)C(C)C.[HH]. The molecule has 0 aliphatic carbocycles. The molecule has 0 bridgehead atoms. The fourth-order valence-electron chi connectivity index (χ4n) is 0.519. The number of nitrogens with zero attached hydrogens (tertiary/aromatic N) is 1. The fourth-order valence-corrected chi connectivity index (χ4v) is 0.519. The maximum Gasteiger partial charge on any atom is 0.248 e. The van der Waals surface area contributed by atoms with E-state index in [2.05, 4.69) is 0 Å². The van der Waals surface area contributed by atoms with Crippen LogP contribution in [0.15, 0.2) is 0 Å². The summed E-state index contributed by atoms with van der Waals surface area (Å²) in [4.78, 5) is 11.0. The van der Waals surface area contributed by atoms with Gasteiger partial charge in [0.1, 0.15) is 0 Å². The van der Waals surface area contributed by atoms with E-state index in [-0.39, 0.29) is 19.3 Å². The Labute approximate surface area is 63.1 Å². The van der Waals surface area contributed by atoms with Gasteiger partial charge in [-0.25, -0.2) is 5.06 Å². The molecule has 0 unspecified atom stereocenters. The van der Waals surface area contributed by atoms with Crippen molar-refractivity contribution in [2.24, 2.45) is 5.92 Å². The van der Waals surface area contributed by atoms with Crippen LogP contribution in [0.5, 0.6) is 0 Å². The van der Waals surface area contributed by atoms with Crippen LogP contribution in [0.1, 0.15) is 29.1 Å². The Balaban J connectivity index is 0. The van der Waals surface area contributed by atoms with E-state index in [0.29, 0.717) is 0 Å². The summed E-state index contributed by atoms with van der Waals surface area (Å²) in [5.41, 5.74) is 0. The third-order valence-corrected chi connectivity index (χ3v) is 1.21. The van der Waals surface area contributed by atoms with Crippen LogP contribution in [0.25, 0.3) is 0 Å². The molecule has 0 saturated heterocycles. The smallest absolute Gasteiger partial charge is 0.248 e. The molecular formula is C7H17NO2. The zero-order chi connectivity index (χ0) is 8.31. The van der Waals surface area contributed by atoms with Gasteiger partial charge in [0.25, 0.3) is 0 Å². The van der Waals surface area contributed by atoms with Crippen LogP contribution in [-0.2, 0) is 4.79 Å². The molecule has 0 heterocycles. The number of carbonyl (C=O) groups excluding carboxylic acids is 1. The van der Waals surface area contributed by atoms with Crippen molar-refractivity contribution in [3.8, 4) is 0 Å². The van der Waals surface area contributed by atoms with E-state index in [1.807, 2.05) is 0 Å². The van der Waals surface area contributed by atoms with Crippen LogP contribution in [0.4, 0.5) is 0 Å². The van der Waals surface area contributed by atoms with Crippen LogP contribution in [0.2, 0.25) is 0 Å². The molecule has 0 aliphatic rings. The number of hydroxylamine groups is 2. The summed E-state index contributed by atoms with van der Waals surface area (Å²) in [6.07, 6.45) is 0. The molecule has 0 saturated carbocycles. The van der Waals surface area contributed by atoms with E-state index in [1.165, 1.54) is 0 Å². The second-order valence-electron chi connectivity index (χ2n) is 2.93. The summed E-state index contributed by atoms with van der Waals surface area (Å²) in [5, 5.41) is 9.82. The second kappa shape index (κ2) is 3.56. The molecule has 0 atom stereocenters. The van der Waals surface area contributed by atoms with Crippen molar-refractivity contribution in [3.05, 3.63) is 0 Å². The Morgan fingerprint density at radius 2 is 1.80 bits per heavy atom. The standard InChI is InChI=1S/C7H15NO2.H2/c1-5(2)7(9)8(10)6(3)4;/h5-6,10H,1-4H3;1H. The summed E-state index contributed by atoms with van der Waals surface area (Å²) in [5.74, 6) is -0.359. The molecule has 0 aliphatic heterocycles. The zero-order valence-corrected chi connectivity index (χ0v) is 6.96. The van der Waals surface area contributed by atoms with Crippen molar-refractivity contribution in [3.63, 3.8) is 0 Å². The maximum atomic E-state index is 11.0. The van der Waals surface area contributed by atoms with Gasteiger partial charge < -0.3 is 0 Å². The highest BCUT2D eigenvalue weighted by atomic mass is 16.5. The molecule has 0 aromatic carbocycles. The monoisotopic (exact) mass is 147 g/mol. The van der Waals surface area contributed by atoms with E-state index in [0.717, 1.165) is 5.06 Å². The van der Waals surface area contributed by atoms with Crippen LogP contribution in [0, 0.1) is 5.92 Å². The average Bonchev–Trinajstić information content (AvgIpc) is 1.84. The Morgan fingerprint density at radius 1 is 1.40 bits per heavy atom. The number of rotatable bonds is 2. The molecular weight excluding hydrogens is 130 g/mol. The van der Waals surface area contributed by atoms with Gasteiger partial charge >= 0.3 is 0 Å². The fraction of sp³-hybridized carbons (Fsp3) is 0.857. The van der Waals surface area contributed by atoms with Gasteiger partial charge in [0.2, 0.25) is 5.91 Å². The number of carbonyl (C=O) groups is 1. The van der Waals surface area contributed by atoms with Gasteiger partial charge in [0, 0.05) is 7.34 Å². The predicted molar refractivity (Wildman–Crippen MR) is 40.7 cm³/mol.